The van der Waals surface area contributed by atoms with Crippen LogP contribution >= 0.6 is 0 Å². The first-order valence-electron chi connectivity index (χ1n) is 14.6. The van der Waals surface area contributed by atoms with Crippen molar-refractivity contribution >= 4 is 34.3 Å². The number of ether oxygens (including phenoxy) is 1. The fourth-order valence-electron chi connectivity index (χ4n) is 5.39. The molecule has 2 atom stereocenters. The van der Waals surface area contributed by atoms with E-state index in [-0.39, 0.29) is 12.5 Å². The predicted octanol–water partition coefficient (Wildman–Crippen LogP) is 6.10. The Kier molecular flexibility index (Phi) is 8.55. The maximum atomic E-state index is 13.6. The van der Waals surface area contributed by atoms with Crippen LogP contribution in [0.15, 0.2) is 139 Å². The minimum Gasteiger partial charge on any atom is -0.454 e. The summed E-state index contributed by atoms with van der Waals surface area (Å²) in [5.41, 5.74) is 3.92. The second-order valence-corrected chi connectivity index (χ2v) is 10.7. The minimum absolute atomic E-state index is 0.215. The average Bonchev–Trinajstić information content (AvgIpc) is 3.54. The lowest BCUT2D eigenvalue weighted by Gasteiger charge is -2.23. The van der Waals surface area contributed by atoms with Crippen molar-refractivity contribution in [3.8, 4) is 0 Å². The molecule has 0 bridgehead atoms. The summed E-state index contributed by atoms with van der Waals surface area (Å²) in [6.45, 7) is -0.511. The highest BCUT2D eigenvalue weighted by Gasteiger charge is 2.34. The average molecular weight is 582 g/mol. The Morgan fingerprint density at radius 2 is 1.41 bits per heavy atom. The van der Waals surface area contributed by atoms with Crippen molar-refractivity contribution in [3.05, 3.63) is 156 Å². The number of hydrogen-bond donors (Lipinski definition) is 1. The third-order valence-corrected chi connectivity index (χ3v) is 7.68. The number of rotatable bonds is 9. The van der Waals surface area contributed by atoms with E-state index in [1.807, 2.05) is 97.1 Å². The maximum absolute atomic E-state index is 13.6. The Morgan fingerprint density at radius 3 is 2.14 bits per heavy atom. The van der Waals surface area contributed by atoms with E-state index in [0.717, 1.165) is 33.2 Å². The Balaban J connectivity index is 1.20. The summed E-state index contributed by atoms with van der Waals surface area (Å²) in [5, 5.41) is 11.2. The SMILES string of the molecule is O=C(NC(Cc1ccccc1)C(=O)OCC(=O)N1N=C(c2ccc3ccccc3c2)CC1c1ccccc1)c1ccccc1. The van der Waals surface area contributed by atoms with Crippen molar-refractivity contribution < 1.29 is 19.1 Å². The van der Waals surface area contributed by atoms with E-state index in [4.69, 9.17) is 9.84 Å². The van der Waals surface area contributed by atoms with Crippen LogP contribution in [0.2, 0.25) is 0 Å². The number of carbonyl (C=O) groups is 3. The first-order chi connectivity index (χ1) is 21.5. The van der Waals surface area contributed by atoms with Crippen molar-refractivity contribution in [3.63, 3.8) is 0 Å². The molecule has 5 aromatic rings. The monoisotopic (exact) mass is 581 g/mol. The van der Waals surface area contributed by atoms with Crippen molar-refractivity contribution in [2.75, 3.05) is 6.61 Å². The molecule has 1 N–H and O–H groups in total. The van der Waals surface area contributed by atoms with Crippen molar-refractivity contribution in [2.45, 2.75) is 24.9 Å². The van der Waals surface area contributed by atoms with Gasteiger partial charge in [0.25, 0.3) is 11.8 Å². The summed E-state index contributed by atoms with van der Waals surface area (Å²) in [4.78, 5) is 39.9. The van der Waals surface area contributed by atoms with E-state index in [9.17, 15) is 14.4 Å². The second kappa shape index (κ2) is 13.2. The molecule has 0 saturated heterocycles. The summed E-state index contributed by atoms with van der Waals surface area (Å²) in [6, 6.07) is 40.6. The highest BCUT2D eigenvalue weighted by molar-refractivity contribution is 6.05. The van der Waals surface area contributed by atoms with Crippen LogP contribution in [0.3, 0.4) is 0 Å². The molecule has 44 heavy (non-hydrogen) atoms. The van der Waals surface area contributed by atoms with Gasteiger partial charge in [0.1, 0.15) is 6.04 Å². The zero-order valence-electron chi connectivity index (χ0n) is 24.0. The van der Waals surface area contributed by atoms with Crippen LogP contribution in [0.4, 0.5) is 0 Å². The van der Waals surface area contributed by atoms with Crippen LogP contribution in [0.5, 0.6) is 0 Å². The molecule has 0 spiro atoms. The van der Waals surface area contributed by atoms with Gasteiger partial charge in [-0.05, 0) is 45.7 Å². The Labute approximate surface area is 255 Å². The molecule has 1 aliphatic rings. The van der Waals surface area contributed by atoms with Crippen LogP contribution < -0.4 is 5.32 Å². The van der Waals surface area contributed by atoms with E-state index >= 15 is 0 Å². The standard InChI is InChI=1S/C37H31N3O4/c41-35(25-44-37(43)33(22-26-12-4-1-5-13-26)38-36(42)29-17-8-3-9-18-29)40-34(28-15-6-2-7-16-28)24-32(39-40)31-21-20-27-14-10-11-19-30(27)23-31/h1-21,23,33-34H,22,24-25H2,(H,38,42). The number of carbonyl (C=O) groups excluding carboxylic acids is 3. The van der Waals surface area contributed by atoms with Crippen LogP contribution in [-0.2, 0) is 20.7 Å². The summed E-state index contributed by atoms with van der Waals surface area (Å²) in [7, 11) is 0. The molecule has 0 aromatic heterocycles. The van der Waals surface area contributed by atoms with Crippen molar-refractivity contribution in [1.29, 1.82) is 0 Å². The Morgan fingerprint density at radius 1 is 0.773 bits per heavy atom. The molecule has 218 valence electrons. The van der Waals surface area contributed by atoms with Gasteiger partial charge in [-0.2, -0.15) is 5.10 Å². The number of fused-ring (bicyclic) bond motifs is 1. The summed E-state index contributed by atoms with van der Waals surface area (Å²) >= 11 is 0. The van der Waals surface area contributed by atoms with Gasteiger partial charge in [-0.3, -0.25) is 9.59 Å². The quantitative estimate of drug-likeness (QED) is 0.213. The Hall–Kier alpha value is -5.56. The number of hydrazone groups is 1. The molecule has 1 heterocycles. The van der Waals surface area contributed by atoms with E-state index in [2.05, 4.69) is 17.4 Å². The number of nitrogens with zero attached hydrogens (tertiary/aromatic N) is 2. The van der Waals surface area contributed by atoms with Crippen LogP contribution in [0.1, 0.15) is 39.5 Å². The normalized spacial score (nSPS) is 15.0. The van der Waals surface area contributed by atoms with E-state index in [0.29, 0.717) is 12.0 Å². The molecule has 5 aromatic carbocycles. The van der Waals surface area contributed by atoms with Gasteiger partial charge in [0.15, 0.2) is 6.61 Å². The molecule has 1 aliphatic heterocycles. The summed E-state index contributed by atoms with van der Waals surface area (Å²) in [5.74, 6) is -1.54. The summed E-state index contributed by atoms with van der Waals surface area (Å²) in [6.07, 6.45) is 0.735. The van der Waals surface area contributed by atoms with Gasteiger partial charge in [0.05, 0.1) is 11.8 Å². The van der Waals surface area contributed by atoms with Crippen molar-refractivity contribution in [1.82, 2.24) is 10.3 Å². The molecule has 0 saturated carbocycles. The molecule has 2 unspecified atom stereocenters. The van der Waals surface area contributed by atoms with E-state index in [1.54, 1.807) is 24.3 Å². The van der Waals surface area contributed by atoms with Gasteiger partial charge in [0.2, 0.25) is 0 Å². The number of amides is 2. The molecule has 7 nitrogen and oxygen atoms in total. The van der Waals surface area contributed by atoms with Crippen molar-refractivity contribution in [2.24, 2.45) is 5.10 Å². The number of hydrogen-bond acceptors (Lipinski definition) is 5. The van der Waals surface area contributed by atoms with Gasteiger partial charge in [-0.1, -0.05) is 115 Å². The largest absolute Gasteiger partial charge is 0.454 e. The number of benzene rings is 5. The molecular formula is C37H31N3O4. The first kappa shape index (κ1) is 28.6. The fourth-order valence-corrected chi connectivity index (χ4v) is 5.39. The number of nitrogens with one attached hydrogen (secondary N) is 1. The van der Waals surface area contributed by atoms with Gasteiger partial charge >= 0.3 is 5.97 Å². The van der Waals surface area contributed by atoms with Gasteiger partial charge in [-0.15, -0.1) is 0 Å². The highest BCUT2D eigenvalue weighted by Crippen LogP contribution is 2.33. The van der Waals surface area contributed by atoms with Crippen LogP contribution in [-0.4, -0.2) is 41.2 Å². The maximum Gasteiger partial charge on any atom is 0.329 e. The zero-order chi connectivity index (χ0) is 30.3. The molecule has 6 rings (SSSR count). The molecule has 2 amide bonds. The van der Waals surface area contributed by atoms with Gasteiger partial charge in [-0.25, -0.2) is 9.80 Å². The second-order valence-electron chi connectivity index (χ2n) is 10.7. The first-order valence-corrected chi connectivity index (χ1v) is 14.6. The van der Waals surface area contributed by atoms with E-state index < -0.39 is 30.4 Å². The fraction of sp³-hybridized carbons (Fsp3) is 0.135. The molecule has 7 heteroatoms. The van der Waals surface area contributed by atoms with Gasteiger partial charge < -0.3 is 10.1 Å². The highest BCUT2D eigenvalue weighted by atomic mass is 16.5. The zero-order valence-corrected chi connectivity index (χ0v) is 24.0. The third kappa shape index (κ3) is 6.57. The number of esters is 1. The predicted molar refractivity (Wildman–Crippen MR) is 170 cm³/mol. The third-order valence-electron chi connectivity index (χ3n) is 7.68. The van der Waals surface area contributed by atoms with Gasteiger partial charge in [0, 0.05) is 18.4 Å². The summed E-state index contributed by atoms with van der Waals surface area (Å²) < 4.78 is 5.56. The molecule has 0 fully saturated rings. The molecule has 0 aliphatic carbocycles. The topological polar surface area (TPSA) is 88.1 Å². The van der Waals surface area contributed by atoms with Crippen LogP contribution in [0, 0.1) is 0 Å². The molecular weight excluding hydrogens is 550 g/mol. The lowest BCUT2D eigenvalue weighted by atomic mass is 9.97. The van der Waals surface area contributed by atoms with Crippen LogP contribution in [0.25, 0.3) is 10.8 Å². The smallest absolute Gasteiger partial charge is 0.329 e. The lowest BCUT2D eigenvalue weighted by molar-refractivity contribution is -0.154. The lowest BCUT2D eigenvalue weighted by Crippen LogP contribution is -2.44. The Bertz CT molecular complexity index is 1810. The molecule has 0 radical (unpaired) electrons. The van der Waals surface area contributed by atoms with E-state index in [1.165, 1.54) is 5.01 Å². The minimum atomic E-state index is -0.988.